The quantitative estimate of drug-likeness (QED) is 0.905. The second-order valence-electron chi connectivity index (χ2n) is 5.03. The zero-order valence-corrected chi connectivity index (χ0v) is 11.5. The molecule has 20 heavy (non-hydrogen) atoms. The fourth-order valence-corrected chi connectivity index (χ4v) is 2.40. The van der Waals surface area contributed by atoms with E-state index in [0.717, 1.165) is 30.8 Å². The van der Waals surface area contributed by atoms with Gasteiger partial charge in [0.05, 0.1) is 13.7 Å². The molecule has 1 atom stereocenters. The summed E-state index contributed by atoms with van der Waals surface area (Å²) in [5.41, 5.74) is 6.77. The van der Waals surface area contributed by atoms with Gasteiger partial charge in [0.2, 0.25) is 11.7 Å². The zero-order valence-electron chi connectivity index (χ0n) is 11.5. The first kappa shape index (κ1) is 13.1. The number of methoxy groups -OCH3 is 1. The van der Waals surface area contributed by atoms with Gasteiger partial charge in [-0.2, -0.15) is 4.98 Å². The number of hydrogen-bond donors (Lipinski definition) is 1. The summed E-state index contributed by atoms with van der Waals surface area (Å²) in [6.07, 6.45) is 1.02. The number of nitrogens with two attached hydrogens (primary N) is 1. The molecule has 1 fully saturated rings. The van der Waals surface area contributed by atoms with Crippen LogP contribution in [0.15, 0.2) is 28.8 Å². The lowest BCUT2D eigenvalue weighted by atomic mass is 10.2. The van der Waals surface area contributed by atoms with Gasteiger partial charge in [0.25, 0.3) is 0 Å². The Morgan fingerprint density at radius 1 is 1.50 bits per heavy atom. The van der Waals surface area contributed by atoms with Gasteiger partial charge < -0.3 is 15.0 Å². The van der Waals surface area contributed by atoms with Gasteiger partial charge in [-0.3, -0.25) is 4.90 Å². The minimum Gasteiger partial charge on any atom is -0.497 e. The van der Waals surface area contributed by atoms with E-state index in [9.17, 15) is 0 Å². The molecule has 1 aromatic heterocycles. The lowest BCUT2D eigenvalue weighted by Crippen LogP contribution is -2.26. The molecule has 0 spiro atoms. The van der Waals surface area contributed by atoms with Crippen LogP contribution < -0.4 is 10.5 Å². The van der Waals surface area contributed by atoms with Crippen molar-refractivity contribution in [2.75, 3.05) is 20.2 Å². The summed E-state index contributed by atoms with van der Waals surface area (Å²) >= 11 is 0. The Balaban J connectivity index is 1.72. The minimum absolute atomic E-state index is 0.260. The number of benzene rings is 1. The summed E-state index contributed by atoms with van der Waals surface area (Å²) in [5, 5.41) is 4.02. The van der Waals surface area contributed by atoms with Crippen LogP contribution in [-0.2, 0) is 6.54 Å². The molecule has 0 saturated carbocycles. The maximum absolute atomic E-state index is 5.88. The molecule has 2 N–H and O–H groups in total. The third-order valence-corrected chi connectivity index (χ3v) is 3.46. The van der Waals surface area contributed by atoms with Crippen LogP contribution in [0.4, 0.5) is 0 Å². The fraction of sp³-hybridized carbons (Fsp3) is 0.429. The first-order chi connectivity index (χ1) is 9.74. The Kier molecular flexibility index (Phi) is 3.66. The molecule has 3 rings (SSSR count). The first-order valence-corrected chi connectivity index (χ1v) is 6.69. The van der Waals surface area contributed by atoms with Crippen molar-refractivity contribution in [3.63, 3.8) is 0 Å². The van der Waals surface area contributed by atoms with Crippen LogP contribution >= 0.6 is 0 Å². The SMILES string of the molecule is COc1cccc(-c2noc(CN3CCC(N)C3)n2)c1. The molecule has 0 amide bonds. The summed E-state index contributed by atoms with van der Waals surface area (Å²) in [6.45, 7) is 2.53. The molecular formula is C14H18N4O2. The first-order valence-electron chi connectivity index (χ1n) is 6.69. The van der Waals surface area contributed by atoms with E-state index in [1.165, 1.54) is 0 Å². The van der Waals surface area contributed by atoms with Crippen molar-refractivity contribution in [2.45, 2.75) is 19.0 Å². The second-order valence-corrected chi connectivity index (χ2v) is 5.03. The third-order valence-electron chi connectivity index (χ3n) is 3.46. The maximum Gasteiger partial charge on any atom is 0.241 e. The highest BCUT2D eigenvalue weighted by molar-refractivity contribution is 5.56. The van der Waals surface area contributed by atoms with Crippen molar-refractivity contribution in [3.05, 3.63) is 30.2 Å². The number of likely N-dealkylation sites (tertiary alicyclic amines) is 1. The molecule has 1 aliphatic heterocycles. The number of ether oxygens (including phenoxy) is 1. The van der Waals surface area contributed by atoms with E-state index in [1.807, 2.05) is 24.3 Å². The number of hydrogen-bond acceptors (Lipinski definition) is 6. The molecule has 1 unspecified atom stereocenters. The average Bonchev–Trinajstić information content (AvgIpc) is 3.09. The molecule has 0 aliphatic carbocycles. The van der Waals surface area contributed by atoms with E-state index < -0.39 is 0 Å². The minimum atomic E-state index is 0.260. The highest BCUT2D eigenvalue weighted by Crippen LogP contribution is 2.21. The number of aromatic nitrogens is 2. The zero-order chi connectivity index (χ0) is 13.9. The van der Waals surface area contributed by atoms with Gasteiger partial charge >= 0.3 is 0 Å². The topological polar surface area (TPSA) is 77.4 Å². The molecule has 0 bridgehead atoms. The number of rotatable bonds is 4. The van der Waals surface area contributed by atoms with E-state index in [1.54, 1.807) is 7.11 Å². The largest absolute Gasteiger partial charge is 0.497 e. The summed E-state index contributed by atoms with van der Waals surface area (Å²) in [4.78, 5) is 6.66. The van der Waals surface area contributed by atoms with Crippen LogP contribution in [0.3, 0.4) is 0 Å². The van der Waals surface area contributed by atoms with Gasteiger partial charge in [0.15, 0.2) is 0 Å². The Morgan fingerprint density at radius 3 is 3.15 bits per heavy atom. The second kappa shape index (κ2) is 5.60. The van der Waals surface area contributed by atoms with Crippen LogP contribution in [0.25, 0.3) is 11.4 Å². The van der Waals surface area contributed by atoms with Crippen molar-refractivity contribution in [2.24, 2.45) is 5.73 Å². The summed E-state index contributed by atoms with van der Waals surface area (Å²) in [5.74, 6) is 1.98. The number of nitrogens with zero attached hydrogens (tertiary/aromatic N) is 3. The normalized spacial score (nSPS) is 19.4. The Morgan fingerprint density at radius 2 is 2.40 bits per heavy atom. The maximum atomic E-state index is 5.88. The summed E-state index contributed by atoms with van der Waals surface area (Å²) in [6, 6.07) is 7.87. The van der Waals surface area contributed by atoms with E-state index >= 15 is 0 Å². The Hall–Kier alpha value is -1.92. The van der Waals surface area contributed by atoms with E-state index in [-0.39, 0.29) is 6.04 Å². The summed E-state index contributed by atoms with van der Waals surface area (Å²) < 4.78 is 10.5. The highest BCUT2D eigenvalue weighted by atomic mass is 16.5. The van der Waals surface area contributed by atoms with Crippen molar-refractivity contribution < 1.29 is 9.26 Å². The van der Waals surface area contributed by atoms with Gasteiger partial charge in [-0.1, -0.05) is 17.3 Å². The predicted molar refractivity (Wildman–Crippen MR) is 74.2 cm³/mol. The van der Waals surface area contributed by atoms with Crippen LogP contribution in [0.2, 0.25) is 0 Å². The lowest BCUT2D eigenvalue weighted by molar-refractivity contribution is 0.265. The van der Waals surface area contributed by atoms with Crippen molar-refractivity contribution in [1.29, 1.82) is 0 Å². The molecule has 106 valence electrons. The molecule has 1 aliphatic rings. The van der Waals surface area contributed by atoms with Gasteiger partial charge in [-0.15, -0.1) is 0 Å². The standard InChI is InChI=1S/C14H18N4O2/c1-19-12-4-2-3-10(7-12)14-16-13(20-17-14)9-18-6-5-11(15)8-18/h2-4,7,11H,5-6,8-9,15H2,1H3. The molecule has 1 aromatic carbocycles. The highest BCUT2D eigenvalue weighted by Gasteiger charge is 2.21. The molecule has 6 nitrogen and oxygen atoms in total. The van der Waals surface area contributed by atoms with Crippen LogP contribution in [0, 0.1) is 0 Å². The average molecular weight is 274 g/mol. The molecule has 2 heterocycles. The monoisotopic (exact) mass is 274 g/mol. The van der Waals surface area contributed by atoms with Gasteiger partial charge in [0, 0.05) is 24.7 Å². The molecule has 1 saturated heterocycles. The molecule has 0 radical (unpaired) electrons. The van der Waals surface area contributed by atoms with Crippen LogP contribution in [0.5, 0.6) is 5.75 Å². The molecular weight excluding hydrogens is 256 g/mol. The molecule has 6 heteroatoms. The van der Waals surface area contributed by atoms with Gasteiger partial charge in [-0.05, 0) is 18.6 Å². The van der Waals surface area contributed by atoms with Crippen LogP contribution in [0.1, 0.15) is 12.3 Å². The van der Waals surface area contributed by atoms with E-state index in [2.05, 4.69) is 15.0 Å². The lowest BCUT2D eigenvalue weighted by Gasteiger charge is -2.10. The van der Waals surface area contributed by atoms with Gasteiger partial charge in [-0.25, -0.2) is 0 Å². The summed E-state index contributed by atoms with van der Waals surface area (Å²) in [7, 11) is 1.64. The predicted octanol–water partition coefficient (Wildman–Crippen LogP) is 1.28. The third kappa shape index (κ3) is 2.81. The smallest absolute Gasteiger partial charge is 0.241 e. The van der Waals surface area contributed by atoms with Crippen molar-refractivity contribution in [3.8, 4) is 17.1 Å². The molecule has 2 aromatic rings. The fourth-order valence-electron chi connectivity index (χ4n) is 2.40. The van der Waals surface area contributed by atoms with Crippen molar-refractivity contribution >= 4 is 0 Å². The Labute approximate surface area is 117 Å². The van der Waals surface area contributed by atoms with Crippen molar-refractivity contribution in [1.82, 2.24) is 15.0 Å². The van der Waals surface area contributed by atoms with Gasteiger partial charge in [0.1, 0.15) is 5.75 Å². The Bertz CT molecular complexity index is 584. The van der Waals surface area contributed by atoms with Crippen LogP contribution in [-0.4, -0.2) is 41.3 Å². The van der Waals surface area contributed by atoms with E-state index in [0.29, 0.717) is 18.3 Å². The van der Waals surface area contributed by atoms with E-state index in [4.69, 9.17) is 15.0 Å².